The maximum Gasteiger partial charge on any atom is 0.435 e. The minimum absolute atomic E-state index is 0.0506. The molecule has 0 spiro atoms. The van der Waals surface area contributed by atoms with Gasteiger partial charge in [-0.05, 0) is 49.4 Å². The van der Waals surface area contributed by atoms with E-state index < -0.39 is 29.3 Å². The molecule has 168 valence electrons. The second-order valence-electron chi connectivity index (χ2n) is 6.96. The van der Waals surface area contributed by atoms with Crippen LogP contribution >= 0.6 is 0 Å². The predicted molar refractivity (Wildman–Crippen MR) is 115 cm³/mol. The number of carbonyl (C=O) groups excluding carboxylic acids is 2. The Balaban J connectivity index is 1.63. The molecule has 1 aliphatic heterocycles. The van der Waals surface area contributed by atoms with Crippen LogP contribution in [-0.4, -0.2) is 30.4 Å². The van der Waals surface area contributed by atoms with Gasteiger partial charge in [0.2, 0.25) is 0 Å². The van der Waals surface area contributed by atoms with Crippen molar-refractivity contribution in [2.75, 3.05) is 11.6 Å². The third kappa shape index (κ3) is 4.57. The third-order valence-electron chi connectivity index (χ3n) is 4.74. The van der Waals surface area contributed by atoms with Gasteiger partial charge in [0.1, 0.15) is 11.5 Å². The van der Waals surface area contributed by atoms with Crippen LogP contribution < -0.4 is 5.01 Å². The maximum atomic E-state index is 13.6. The van der Waals surface area contributed by atoms with Crippen molar-refractivity contribution in [1.82, 2.24) is 0 Å². The first kappa shape index (κ1) is 22.1. The number of hydrogen-bond acceptors (Lipinski definition) is 5. The number of para-hydroxylation sites is 1. The zero-order valence-corrected chi connectivity index (χ0v) is 17.3. The van der Waals surface area contributed by atoms with Crippen LogP contribution in [0.25, 0.3) is 17.4 Å². The largest absolute Gasteiger partial charge is 0.462 e. The fourth-order valence-electron chi connectivity index (χ4n) is 3.21. The number of anilines is 1. The van der Waals surface area contributed by atoms with Crippen molar-refractivity contribution in [3.8, 4) is 11.3 Å². The first-order valence-electron chi connectivity index (χ1n) is 9.92. The molecule has 0 aliphatic carbocycles. The smallest absolute Gasteiger partial charge is 0.435 e. The number of alkyl halides is 3. The van der Waals surface area contributed by atoms with E-state index in [2.05, 4.69) is 5.10 Å². The van der Waals surface area contributed by atoms with E-state index in [0.29, 0.717) is 21.9 Å². The molecule has 0 saturated carbocycles. The number of ether oxygens (including phenoxy) is 1. The maximum absolute atomic E-state index is 13.6. The van der Waals surface area contributed by atoms with Crippen LogP contribution in [0.5, 0.6) is 0 Å². The highest BCUT2D eigenvalue weighted by atomic mass is 19.4. The van der Waals surface area contributed by atoms with E-state index in [1.165, 1.54) is 18.2 Å². The normalized spacial score (nSPS) is 15.2. The molecule has 2 heterocycles. The molecule has 4 rings (SSSR count). The number of hydrogen-bond donors (Lipinski definition) is 0. The highest BCUT2D eigenvalue weighted by Gasteiger charge is 2.47. The molecular formula is C24H17F3N2O4. The van der Waals surface area contributed by atoms with E-state index in [-0.39, 0.29) is 18.1 Å². The van der Waals surface area contributed by atoms with Gasteiger partial charge in [-0.25, -0.2) is 4.79 Å². The Morgan fingerprint density at radius 3 is 2.39 bits per heavy atom. The molecule has 6 nitrogen and oxygen atoms in total. The Hall–Kier alpha value is -4.14. The van der Waals surface area contributed by atoms with E-state index in [1.54, 1.807) is 55.5 Å². The van der Waals surface area contributed by atoms with Gasteiger partial charge >= 0.3 is 12.1 Å². The van der Waals surface area contributed by atoms with E-state index in [1.807, 2.05) is 0 Å². The van der Waals surface area contributed by atoms with Crippen LogP contribution in [0.3, 0.4) is 0 Å². The zero-order chi connectivity index (χ0) is 23.6. The summed E-state index contributed by atoms with van der Waals surface area (Å²) in [4.78, 5) is 24.5. The summed E-state index contributed by atoms with van der Waals surface area (Å²) in [5.74, 6) is -0.969. The molecule has 0 unspecified atom stereocenters. The van der Waals surface area contributed by atoms with Crippen LogP contribution in [0.2, 0.25) is 0 Å². The second kappa shape index (κ2) is 8.78. The van der Waals surface area contributed by atoms with Gasteiger partial charge in [-0.2, -0.15) is 23.3 Å². The number of nitrogens with zero attached hydrogens (tertiary/aromatic N) is 2. The van der Waals surface area contributed by atoms with Gasteiger partial charge in [-0.1, -0.05) is 30.3 Å². The summed E-state index contributed by atoms with van der Waals surface area (Å²) in [7, 11) is 0. The number of benzene rings is 2. The number of rotatable bonds is 5. The van der Waals surface area contributed by atoms with Crippen LogP contribution in [0.4, 0.5) is 18.9 Å². The molecular weight excluding hydrogens is 437 g/mol. The van der Waals surface area contributed by atoms with Crippen LogP contribution in [-0.2, 0) is 9.53 Å². The average Bonchev–Trinajstić information content (AvgIpc) is 3.40. The molecule has 0 saturated heterocycles. The number of esters is 1. The lowest BCUT2D eigenvalue weighted by molar-refractivity contribution is -0.114. The van der Waals surface area contributed by atoms with Crippen molar-refractivity contribution in [2.24, 2.45) is 5.10 Å². The van der Waals surface area contributed by atoms with Gasteiger partial charge in [-0.3, -0.25) is 4.79 Å². The molecule has 0 fully saturated rings. The van der Waals surface area contributed by atoms with E-state index in [0.717, 1.165) is 6.08 Å². The number of amides is 1. The molecule has 1 amide bonds. The van der Waals surface area contributed by atoms with Crippen molar-refractivity contribution < 1.29 is 31.9 Å². The zero-order valence-electron chi connectivity index (χ0n) is 17.3. The molecule has 33 heavy (non-hydrogen) atoms. The SMILES string of the molecule is CCOC(=O)c1ccc(-c2ccc(/C=C3\C(=O)N(c4ccccc4)N=C3C(F)(F)F)o2)cc1. The van der Waals surface area contributed by atoms with Crippen LogP contribution in [0.1, 0.15) is 23.0 Å². The molecule has 0 atom stereocenters. The molecule has 0 N–H and O–H groups in total. The fraction of sp³-hybridized carbons (Fsp3) is 0.125. The molecule has 0 radical (unpaired) electrons. The lowest BCUT2D eigenvalue weighted by Gasteiger charge is -2.10. The van der Waals surface area contributed by atoms with Gasteiger partial charge in [0, 0.05) is 5.56 Å². The van der Waals surface area contributed by atoms with Crippen LogP contribution in [0.15, 0.2) is 81.8 Å². The molecule has 1 aliphatic rings. The van der Waals surface area contributed by atoms with Crippen molar-refractivity contribution in [1.29, 1.82) is 0 Å². The van der Waals surface area contributed by atoms with Crippen molar-refractivity contribution in [2.45, 2.75) is 13.1 Å². The Morgan fingerprint density at radius 1 is 1.06 bits per heavy atom. The van der Waals surface area contributed by atoms with Gasteiger partial charge in [0.05, 0.1) is 23.4 Å². The van der Waals surface area contributed by atoms with Gasteiger partial charge in [0.15, 0.2) is 5.71 Å². The first-order valence-corrected chi connectivity index (χ1v) is 9.92. The van der Waals surface area contributed by atoms with Gasteiger partial charge in [0.25, 0.3) is 5.91 Å². The predicted octanol–water partition coefficient (Wildman–Crippen LogP) is 5.47. The molecule has 9 heteroatoms. The average molecular weight is 454 g/mol. The van der Waals surface area contributed by atoms with E-state index in [4.69, 9.17) is 9.15 Å². The number of hydrazone groups is 1. The van der Waals surface area contributed by atoms with Gasteiger partial charge in [-0.15, -0.1) is 0 Å². The van der Waals surface area contributed by atoms with Crippen molar-refractivity contribution >= 4 is 29.4 Å². The molecule has 1 aromatic heterocycles. The monoisotopic (exact) mass is 454 g/mol. The Bertz CT molecular complexity index is 1240. The molecule has 0 bridgehead atoms. The topological polar surface area (TPSA) is 72.1 Å². The summed E-state index contributed by atoms with van der Waals surface area (Å²) in [6.07, 6.45) is -3.81. The summed E-state index contributed by atoms with van der Waals surface area (Å²) in [5, 5.41) is 4.23. The van der Waals surface area contributed by atoms with Gasteiger partial charge < -0.3 is 9.15 Å². The summed E-state index contributed by atoms with van der Waals surface area (Å²) < 4.78 is 51.3. The minimum Gasteiger partial charge on any atom is -0.462 e. The Kier molecular flexibility index (Phi) is 5.87. The molecule has 3 aromatic rings. The summed E-state index contributed by atoms with van der Waals surface area (Å²) in [6.45, 7) is 1.95. The van der Waals surface area contributed by atoms with E-state index in [9.17, 15) is 22.8 Å². The molecule has 2 aromatic carbocycles. The second-order valence-corrected chi connectivity index (χ2v) is 6.96. The highest BCUT2D eigenvalue weighted by molar-refractivity contribution is 6.34. The third-order valence-corrected chi connectivity index (χ3v) is 4.74. The first-order chi connectivity index (χ1) is 15.8. The highest BCUT2D eigenvalue weighted by Crippen LogP contribution is 2.33. The summed E-state index contributed by atoms with van der Waals surface area (Å²) in [6, 6.07) is 17.2. The Labute approximate surface area is 186 Å². The van der Waals surface area contributed by atoms with Crippen molar-refractivity contribution in [3.05, 3.63) is 83.6 Å². The standard InChI is InChI=1S/C24H17F3N2O4/c1-2-32-23(31)16-10-8-15(9-11-16)20-13-12-18(33-20)14-19-21(24(25,26)27)28-29(22(19)30)17-6-4-3-5-7-17/h3-14H,2H2,1H3/b19-14-. The fourth-order valence-corrected chi connectivity index (χ4v) is 3.21. The number of carbonyl (C=O) groups is 2. The lowest BCUT2D eigenvalue weighted by atomic mass is 10.1. The van der Waals surface area contributed by atoms with E-state index >= 15 is 0 Å². The Morgan fingerprint density at radius 2 is 1.76 bits per heavy atom. The summed E-state index contributed by atoms with van der Waals surface area (Å²) >= 11 is 0. The summed E-state index contributed by atoms with van der Waals surface area (Å²) in [5.41, 5.74) is -0.744. The van der Waals surface area contributed by atoms with Crippen LogP contribution in [0, 0.1) is 0 Å². The lowest BCUT2D eigenvalue weighted by Crippen LogP contribution is -2.25. The quantitative estimate of drug-likeness (QED) is 0.379. The van der Waals surface area contributed by atoms with Crippen molar-refractivity contribution in [3.63, 3.8) is 0 Å². The minimum atomic E-state index is -4.83. The number of halogens is 3. The number of furan rings is 1.